The molecule has 0 aliphatic rings. The predicted molar refractivity (Wildman–Crippen MR) is 54.9 cm³/mol. The SMILES string of the molecule is CCC(C)NC(=O)Cn1ccnc1C. The Hall–Kier alpha value is -1.32. The van der Waals surface area contributed by atoms with Crippen LogP contribution in [-0.4, -0.2) is 21.5 Å². The van der Waals surface area contributed by atoms with Gasteiger partial charge in [0, 0.05) is 18.4 Å². The number of carbonyl (C=O) groups excluding carboxylic acids is 1. The van der Waals surface area contributed by atoms with Crippen molar-refractivity contribution >= 4 is 5.91 Å². The van der Waals surface area contributed by atoms with Crippen molar-refractivity contribution in [2.45, 2.75) is 39.8 Å². The Kier molecular flexibility index (Phi) is 3.68. The molecule has 1 heterocycles. The normalized spacial score (nSPS) is 12.5. The summed E-state index contributed by atoms with van der Waals surface area (Å²) >= 11 is 0. The van der Waals surface area contributed by atoms with E-state index in [4.69, 9.17) is 0 Å². The van der Waals surface area contributed by atoms with Crippen molar-refractivity contribution in [1.82, 2.24) is 14.9 Å². The van der Waals surface area contributed by atoms with Crippen molar-refractivity contribution in [3.8, 4) is 0 Å². The number of carbonyl (C=O) groups is 1. The molecule has 1 atom stereocenters. The molecular formula is C10H17N3O. The Bertz CT molecular complexity index is 306. The van der Waals surface area contributed by atoms with E-state index in [1.165, 1.54) is 0 Å². The van der Waals surface area contributed by atoms with Crippen LogP contribution in [-0.2, 0) is 11.3 Å². The molecule has 4 heteroatoms. The van der Waals surface area contributed by atoms with Gasteiger partial charge in [0.25, 0.3) is 0 Å². The highest BCUT2D eigenvalue weighted by Crippen LogP contribution is 1.95. The molecule has 1 aromatic heterocycles. The van der Waals surface area contributed by atoms with E-state index in [1.807, 2.05) is 31.5 Å². The monoisotopic (exact) mass is 195 g/mol. The Morgan fingerprint density at radius 3 is 2.93 bits per heavy atom. The molecule has 1 unspecified atom stereocenters. The molecule has 1 rings (SSSR count). The Balaban J connectivity index is 2.45. The Morgan fingerprint density at radius 2 is 2.43 bits per heavy atom. The third-order valence-electron chi connectivity index (χ3n) is 2.26. The minimum atomic E-state index is 0.0421. The van der Waals surface area contributed by atoms with Crippen LogP contribution >= 0.6 is 0 Å². The summed E-state index contributed by atoms with van der Waals surface area (Å²) in [5.41, 5.74) is 0. The van der Waals surface area contributed by atoms with Gasteiger partial charge in [-0.05, 0) is 20.3 Å². The molecule has 0 bridgehead atoms. The Labute approximate surface area is 84.3 Å². The summed E-state index contributed by atoms with van der Waals surface area (Å²) in [6, 6.07) is 0.242. The zero-order chi connectivity index (χ0) is 10.6. The number of amides is 1. The molecular weight excluding hydrogens is 178 g/mol. The molecule has 1 aromatic rings. The number of aryl methyl sites for hydroxylation is 1. The lowest BCUT2D eigenvalue weighted by molar-refractivity contribution is -0.122. The zero-order valence-electron chi connectivity index (χ0n) is 8.95. The highest BCUT2D eigenvalue weighted by atomic mass is 16.2. The second-order valence-electron chi connectivity index (χ2n) is 3.48. The first-order valence-corrected chi connectivity index (χ1v) is 4.90. The van der Waals surface area contributed by atoms with Gasteiger partial charge in [0.15, 0.2) is 0 Å². The summed E-state index contributed by atoms with van der Waals surface area (Å²) in [6.45, 7) is 6.29. The third kappa shape index (κ3) is 2.87. The summed E-state index contributed by atoms with van der Waals surface area (Å²) in [6.07, 6.45) is 4.46. The molecule has 78 valence electrons. The largest absolute Gasteiger partial charge is 0.352 e. The quantitative estimate of drug-likeness (QED) is 0.782. The second kappa shape index (κ2) is 4.79. The zero-order valence-corrected chi connectivity index (χ0v) is 8.95. The summed E-state index contributed by atoms with van der Waals surface area (Å²) in [5.74, 6) is 0.907. The van der Waals surface area contributed by atoms with E-state index in [9.17, 15) is 4.79 Å². The summed E-state index contributed by atoms with van der Waals surface area (Å²) in [4.78, 5) is 15.5. The van der Waals surface area contributed by atoms with Gasteiger partial charge in [0.2, 0.25) is 5.91 Å². The molecule has 0 spiro atoms. The first kappa shape index (κ1) is 10.8. The molecule has 0 aliphatic carbocycles. The molecule has 0 fully saturated rings. The number of aromatic nitrogens is 2. The second-order valence-corrected chi connectivity index (χ2v) is 3.48. The van der Waals surface area contributed by atoms with Gasteiger partial charge in [-0.25, -0.2) is 4.98 Å². The highest BCUT2D eigenvalue weighted by Gasteiger charge is 2.06. The fourth-order valence-electron chi connectivity index (χ4n) is 1.15. The number of hydrogen-bond acceptors (Lipinski definition) is 2. The molecule has 4 nitrogen and oxygen atoms in total. The van der Waals surface area contributed by atoms with Gasteiger partial charge in [-0.1, -0.05) is 6.92 Å². The van der Waals surface area contributed by atoms with E-state index >= 15 is 0 Å². The molecule has 1 N–H and O–H groups in total. The number of nitrogens with one attached hydrogen (secondary N) is 1. The van der Waals surface area contributed by atoms with Gasteiger partial charge in [-0.15, -0.1) is 0 Å². The summed E-state index contributed by atoms with van der Waals surface area (Å²) in [7, 11) is 0. The van der Waals surface area contributed by atoms with Crippen molar-refractivity contribution in [1.29, 1.82) is 0 Å². The summed E-state index contributed by atoms with van der Waals surface area (Å²) in [5, 5.41) is 2.91. The molecule has 0 aromatic carbocycles. The number of imidazole rings is 1. The Morgan fingerprint density at radius 1 is 1.71 bits per heavy atom. The lowest BCUT2D eigenvalue weighted by atomic mass is 10.2. The highest BCUT2D eigenvalue weighted by molar-refractivity contribution is 5.76. The van der Waals surface area contributed by atoms with E-state index in [0.29, 0.717) is 6.54 Å². The van der Waals surface area contributed by atoms with Crippen molar-refractivity contribution < 1.29 is 4.79 Å². The topological polar surface area (TPSA) is 46.9 Å². The van der Waals surface area contributed by atoms with Crippen LogP contribution in [0.5, 0.6) is 0 Å². The molecule has 0 saturated heterocycles. The lowest BCUT2D eigenvalue weighted by Gasteiger charge is -2.11. The lowest BCUT2D eigenvalue weighted by Crippen LogP contribution is -2.34. The van der Waals surface area contributed by atoms with Gasteiger partial charge in [-0.3, -0.25) is 4.79 Å². The van der Waals surface area contributed by atoms with Gasteiger partial charge >= 0.3 is 0 Å². The molecule has 0 radical (unpaired) electrons. The number of nitrogens with zero attached hydrogens (tertiary/aromatic N) is 2. The first-order chi connectivity index (χ1) is 6.63. The van der Waals surface area contributed by atoms with Crippen LogP contribution in [0, 0.1) is 6.92 Å². The van der Waals surface area contributed by atoms with E-state index in [-0.39, 0.29) is 11.9 Å². The van der Waals surface area contributed by atoms with Gasteiger partial charge in [0.05, 0.1) is 0 Å². The average Bonchev–Trinajstić information content (AvgIpc) is 2.51. The number of rotatable bonds is 4. The van der Waals surface area contributed by atoms with Crippen LogP contribution in [0.15, 0.2) is 12.4 Å². The van der Waals surface area contributed by atoms with Crippen LogP contribution in [0.2, 0.25) is 0 Å². The van der Waals surface area contributed by atoms with E-state index < -0.39 is 0 Å². The molecule has 0 aliphatic heterocycles. The third-order valence-corrected chi connectivity index (χ3v) is 2.26. The van der Waals surface area contributed by atoms with Crippen LogP contribution < -0.4 is 5.32 Å². The average molecular weight is 195 g/mol. The van der Waals surface area contributed by atoms with Crippen molar-refractivity contribution in [2.75, 3.05) is 0 Å². The fourth-order valence-corrected chi connectivity index (χ4v) is 1.15. The van der Waals surface area contributed by atoms with Crippen LogP contribution in [0.4, 0.5) is 0 Å². The maximum Gasteiger partial charge on any atom is 0.240 e. The minimum absolute atomic E-state index is 0.0421. The van der Waals surface area contributed by atoms with E-state index in [0.717, 1.165) is 12.2 Å². The molecule has 14 heavy (non-hydrogen) atoms. The molecule has 0 saturated carbocycles. The minimum Gasteiger partial charge on any atom is -0.352 e. The van der Waals surface area contributed by atoms with E-state index in [2.05, 4.69) is 10.3 Å². The van der Waals surface area contributed by atoms with Crippen LogP contribution in [0.3, 0.4) is 0 Å². The maximum absolute atomic E-state index is 11.5. The standard InChI is InChI=1S/C10H17N3O/c1-4-8(2)12-10(14)7-13-6-5-11-9(13)3/h5-6,8H,4,7H2,1-3H3,(H,12,14). The van der Waals surface area contributed by atoms with Crippen molar-refractivity contribution in [3.63, 3.8) is 0 Å². The predicted octanol–water partition coefficient (Wildman–Crippen LogP) is 1.11. The summed E-state index contributed by atoms with van der Waals surface area (Å²) < 4.78 is 1.83. The van der Waals surface area contributed by atoms with Gasteiger partial charge < -0.3 is 9.88 Å². The van der Waals surface area contributed by atoms with Gasteiger partial charge in [0.1, 0.15) is 12.4 Å². The fraction of sp³-hybridized carbons (Fsp3) is 0.600. The first-order valence-electron chi connectivity index (χ1n) is 4.90. The van der Waals surface area contributed by atoms with Crippen LogP contribution in [0.25, 0.3) is 0 Å². The smallest absolute Gasteiger partial charge is 0.240 e. The van der Waals surface area contributed by atoms with Gasteiger partial charge in [-0.2, -0.15) is 0 Å². The number of hydrogen-bond donors (Lipinski definition) is 1. The van der Waals surface area contributed by atoms with Crippen LogP contribution in [0.1, 0.15) is 26.1 Å². The maximum atomic E-state index is 11.5. The van der Waals surface area contributed by atoms with Crippen molar-refractivity contribution in [3.05, 3.63) is 18.2 Å². The van der Waals surface area contributed by atoms with Crippen molar-refractivity contribution in [2.24, 2.45) is 0 Å². The van der Waals surface area contributed by atoms with E-state index in [1.54, 1.807) is 6.20 Å². The molecule has 1 amide bonds.